The van der Waals surface area contributed by atoms with Crippen LogP contribution in [0, 0.1) is 11.6 Å². The van der Waals surface area contributed by atoms with Gasteiger partial charge in [0, 0.05) is 17.5 Å². The van der Waals surface area contributed by atoms with E-state index >= 15 is 0 Å². The summed E-state index contributed by atoms with van der Waals surface area (Å²) in [7, 11) is 1.86. The first-order valence-corrected chi connectivity index (χ1v) is 5.69. The second-order valence-electron chi connectivity index (χ2n) is 4.04. The highest BCUT2D eigenvalue weighted by Gasteiger charge is 2.07. The van der Waals surface area contributed by atoms with E-state index in [4.69, 9.17) is 11.6 Å². The lowest BCUT2D eigenvalue weighted by molar-refractivity contribution is 0.316. The van der Waals surface area contributed by atoms with Crippen LogP contribution >= 0.6 is 11.6 Å². The summed E-state index contributed by atoms with van der Waals surface area (Å²) in [6.07, 6.45) is 0.828. The van der Waals surface area contributed by atoms with Gasteiger partial charge in [-0.25, -0.2) is 8.78 Å². The van der Waals surface area contributed by atoms with E-state index < -0.39 is 5.82 Å². The molecule has 1 atom stereocenters. The van der Waals surface area contributed by atoms with E-state index in [1.807, 2.05) is 18.9 Å². The van der Waals surface area contributed by atoms with Crippen molar-refractivity contribution in [3.05, 3.63) is 35.4 Å². The first-order valence-electron chi connectivity index (χ1n) is 5.25. The summed E-state index contributed by atoms with van der Waals surface area (Å²) in [6, 6.07) is 3.51. The minimum atomic E-state index is -0.407. The molecule has 1 aromatic rings. The standard InChI is InChI=1S/C12H16ClF2N/c1-9(13)5-6-16(2)8-10-7-11(14)3-4-12(10)15/h3-4,7,9H,5-6,8H2,1-2H3. The molecule has 0 aromatic heterocycles. The van der Waals surface area contributed by atoms with Gasteiger partial charge in [-0.2, -0.15) is 0 Å². The first kappa shape index (κ1) is 13.4. The van der Waals surface area contributed by atoms with Gasteiger partial charge < -0.3 is 4.90 Å². The Morgan fingerprint density at radius 2 is 2.06 bits per heavy atom. The summed E-state index contributed by atoms with van der Waals surface area (Å²) in [6.45, 7) is 3.08. The Morgan fingerprint density at radius 3 is 2.69 bits per heavy atom. The molecule has 0 amide bonds. The quantitative estimate of drug-likeness (QED) is 0.721. The molecule has 4 heteroatoms. The molecule has 1 rings (SSSR count). The molecule has 0 saturated carbocycles. The molecule has 16 heavy (non-hydrogen) atoms. The van der Waals surface area contributed by atoms with Crippen LogP contribution in [-0.2, 0) is 6.54 Å². The molecule has 0 aliphatic heterocycles. The van der Waals surface area contributed by atoms with Gasteiger partial charge >= 0.3 is 0 Å². The molecule has 0 bridgehead atoms. The molecule has 0 radical (unpaired) electrons. The van der Waals surface area contributed by atoms with Gasteiger partial charge in [0.05, 0.1) is 0 Å². The van der Waals surface area contributed by atoms with Gasteiger partial charge in [0.1, 0.15) is 11.6 Å². The Labute approximate surface area is 100 Å². The van der Waals surface area contributed by atoms with E-state index in [0.29, 0.717) is 12.1 Å². The van der Waals surface area contributed by atoms with Gasteiger partial charge in [-0.05, 0) is 45.1 Å². The summed E-state index contributed by atoms with van der Waals surface area (Å²) < 4.78 is 26.2. The highest BCUT2D eigenvalue weighted by molar-refractivity contribution is 6.20. The molecule has 0 aliphatic carbocycles. The molecule has 0 N–H and O–H groups in total. The lowest BCUT2D eigenvalue weighted by Gasteiger charge is -2.17. The maximum Gasteiger partial charge on any atom is 0.127 e. The third-order valence-electron chi connectivity index (χ3n) is 2.36. The van der Waals surface area contributed by atoms with Crippen LogP contribution < -0.4 is 0 Å². The molecule has 0 fully saturated rings. The molecule has 1 aromatic carbocycles. The number of hydrogen-bond donors (Lipinski definition) is 0. The van der Waals surface area contributed by atoms with Gasteiger partial charge in [0.2, 0.25) is 0 Å². The highest BCUT2D eigenvalue weighted by atomic mass is 35.5. The predicted octanol–water partition coefficient (Wildman–Crippen LogP) is 3.41. The van der Waals surface area contributed by atoms with Crippen molar-refractivity contribution in [1.29, 1.82) is 0 Å². The third kappa shape index (κ3) is 4.45. The summed E-state index contributed by atoms with van der Waals surface area (Å²) >= 11 is 5.82. The molecular weight excluding hydrogens is 232 g/mol. The second-order valence-corrected chi connectivity index (χ2v) is 4.79. The SMILES string of the molecule is CC(Cl)CCN(C)Cc1cc(F)ccc1F. The van der Waals surface area contributed by atoms with Gasteiger partial charge in [-0.3, -0.25) is 0 Å². The summed E-state index contributed by atoms with van der Waals surface area (Å²) in [5, 5.41) is 0.0970. The maximum absolute atomic E-state index is 13.3. The molecule has 0 aliphatic rings. The van der Waals surface area contributed by atoms with E-state index in [2.05, 4.69) is 0 Å². The van der Waals surface area contributed by atoms with E-state index in [-0.39, 0.29) is 11.2 Å². The molecule has 1 nitrogen and oxygen atoms in total. The van der Waals surface area contributed by atoms with Crippen LogP contribution in [0.4, 0.5) is 8.78 Å². The number of halogens is 3. The van der Waals surface area contributed by atoms with Crippen molar-refractivity contribution >= 4 is 11.6 Å². The van der Waals surface area contributed by atoms with E-state index in [1.54, 1.807) is 0 Å². The van der Waals surface area contributed by atoms with Gasteiger partial charge in [0.25, 0.3) is 0 Å². The fourth-order valence-corrected chi connectivity index (χ4v) is 1.53. The molecule has 0 spiro atoms. The summed E-state index contributed by atoms with van der Waals surface area (Å²) in [5.41, 5.74) is 0.379. The highest BCUT2D eigenvalue weighted by Crippen LogP contribution is 2.12. The van der Waals surface area contributed by atoms with Crippen LogP contribution in [0.1, 0.15) is 18.9 Å². The zero-order chi connectivity index (χ0) is 12.1. The van der Waals surface area contributed by atoms with Crippen molar-refractivity contribution in [3.63, 3.8) is 0 Å². The van der Waals surface area contributed by atoms with Crippen LogP contribution in [0.5, 0.6) is 0 Å². The summed E-state index contributed by atoms with van der Waals surface area (Å²) in [4.78, 5) is 1.93. The summed E-state index contributed by atoms with van der Waals surface area (Å²) in [5.74, 6) is -0.775. The predicted molar refractivity (Wildman–Crippen MR) is 62.6 cm³/mol. The zero-order valence-corrected chi connectivity index (χ0v) is 10.3. The number of alkyl halides is 1. The number of nitrogens with zero attached hydrogens (tertiary/aromatic N) is 1. The van der Waals surface area contributed by atoms with Crippen molar-refractivity contribution < 1.29 is 8.78 Å². The topological polar surface area (TPSA) is 3.24 Å². The zero-order valence-electron chi connectivity index (χ0n) is 9.51. The monoisotopic (exact) mass is 247 g/mol. The molecule has 0 saturated heterocycles. The maximum atomic E-state index is 13.3. The molecule has 0 heterocycles. The van der Waals surface area contributed by atoms with Crippen LogP contribution in [0.3, 0.4) is 0 Å². The van der Waals surface area contributed by atoms with Crippen LogP contribution in [0.25, 0.3) is 0 Å². The van der Waals surface area contributed by atoms with Crippen molar-refractivity contribution in [2.24, 2.45) is 0 Å². The largest absolute Gasteiger partial charge is 0.302 e. The van der Waals surface area contributed by atoms with Crippen molar-refractivity contribution in [1.82, 2.24) is 4.90 Å². The molecule has 90 valence electrons. The average Bonchev–Trinajstić information content (AvgIpc) is 2.20. The fourth-order valence-electron chi connectivity index (χ4n) is 1.43. The Bertz CT molecular complexity index is 342. The average molecular weight is 248 g/mol. The number of benzene rings is 1. The van der Waals surface area contributed by atoms with Crippen molar-refractivity contribution in [2.45, 2.75) is 25.3 Å². The van der Waals surface area contributed by atoms with Gasteiger partial charge in [-0.15, -0.1) is 11.6 Å². The van der Waals surface area contributed by atoms with Crippen molar-refractivity contribution in [3.8, 4) is 0 Å². The fraction of sp³-hybridized carbons (Fsp3) is 0.500. The lowest BCUT2D eigenvalue weighted by Crippen LogP contribution is -2.21. The van der Waals surface area contributed by atoms with Crippen LogP contribution in [0.15, 0.2) is 18.2 Å². The van der Waals surface area contributed by atoms with Gasteiger partial charge in [-0.1, -0.05) is 0 Å². The first-order chi connectivity index (χ1) is 7.49. The second kappa shape index (κ2) is 6.16. The third-order valence-corrected chi connectivity index (χ3v) is 2.57. The molecular formula is C12H16ClF2N. The van der Waals surface area contributed by atoms with E-state index in [1.165, 1.54) is 6.07 Å². The smallest absolute Gasteiger partial charge is 0.127 e. The van der Waals surface area contributed by atoms with Gasteiger partial charge in [0.15, 0.2) is 0 Å². The Balaban J connectivity index is 2.55. The van der Waals surface area contributed by atoms with E-state index in [0.717, 1.165) is 25.1 Å². The molecule has 1 unspecified atom stereocenters. The Morgan fingerprint density at radius 1 is 1.38 bits per heavy atom. The van der Waals surface area contributed by atoms with Crippen LogP contribution in [-0.4, -0.2) is 23.9 Å². The van der Waals surface area contributed by atoms with Crippen molar-refractivity contribution in [2.75, 3.05) is 13.6 Å². The minimum absolute atomic E-state index is 0.0970. The Kier molecular flexibility index (Phi) is 5.16. The lowest BCUT2D eigenvalue weighted by atomic mass is 10.2. The minimum Gasteiger partial charge on any atom is -0.302 e. The van der Waals surface area contributed by atoms with Crippen LogP contribution in [0.2, 0.25) is 0 Å². The van der Waals surface area contributed by atoms with E-state index in [9.17, 15) is 8.78 Å². The number of rotatable bonds is 5. The normalized spacial score (nSPS) is 13.1. The number of hydrogen-bond acceptors (Lipinski definition) is 1. The Hall–Kier alpha value is -0.670.